The smallest absolute Gasteiger partial charge is 0.249 e. The highest BCUT2D eigenvalue weighted by molar-refractivity contribution is 5.78. The number of nitrogens with zero attached hydrogens (tertiary/aromatic N) is 3. The van der Waals surface area contributed by atoms with Gasteiger partial charge in [0.2, 0.25) is 5.91 Å². The highest BCUT2D eigenvalue weighted by atomic mass is 16.5. The third kappa shape index (κ3) is 3.54. The number of benzene rings is 1. The lowest BCUT2D eigenvalue weighted by Crippen LogP contribution is -2.36. The first-order chi connectivity index (χ1) is 10.8. The van der Waals surface area contributed by atoms with E-state index in [-0.39, 0.29) is 12.5 Å². The van der Waals surface area contributed by atoms with Crippen LogP contribution in [0.2, 0.25) is 0 Å². The van der Waals surface area contributed by atoms with Crippen molar-refractivity contribution in [1.29, 1.82) is 0 Å². The van der Waals surface area contributed by atoms with Crippen LogP contribution in [-0.2, 0) is 22.6 Å². The van der Waals surface area contributed by atoms with E-state index in [1.807, 2.05) is 29.3 Å². The van der Waals surface area contributed by atoms with Crippen LogP contribution in [0, 0.1) is 0 Å². The molecule has 0 unspecified atom stereocenters. The molecule has 1 saturated carbocycles. The number of amides is 1. The first kappa shape index (κ1) is 14.8. The molecule has 3 rings (SSSR count). The minimum absolute atomic E-state index is 0.0410. The number of carbonyl (C=O) groups is 1. The molecule has 1 aromatic carbocycles. The Hall–Kier alpha value is -2.14. The average Bonchev–Trinajstić information content (AvgIpc) is 3.28. The molecule has 1 aromatic heterocycles. The Morgan fingerprint density at radius 2 is 2.14 bits per heavy atom. The Kier molecular flexibility index (Phi) is 4.53. The Morgan fingerprint density at radius 3 is 2.82 bits per heavy atom. The molecule has 1 heterocycles. The van der Waals surface area contributed by atoms with Crippen molar-refractivity contribution in [3.05, 3.63) is 54.1 Å². The van der Waals surface area contributed by atoms with Crippen molar-refractivity contribution < 1.29 is 9.53 Å². The van der Waals surface area contributed by atoms with Gasteiger partial charge < -0.3 is 14.2 Å². The second-order valence-corrected chi connectivity index (χ2v) is 5.64. The van der Waals surface area contributed by atoms with Crippen LogP contribution in [0.4, 0.5) is 0 Å². The summed E-state index contributed by atoms with van der Waals surface area (Å²) in [5, 5.41) is 0. The third-order valence-corrected chi connectivity index (χ3v) is 3.89. The number of rotatable bonds is 7. The first-order valence-corrected chi connectivity index (χ1v) is 7.60. The lowest BCUT2D eigenvalue weighted by molar-refractivity contribution is -0.136. The topological polar surface area (TPSA) is 47.4 Å². The monoisotopic (exact) mass is 299 g/mol. The van der Waals surface area contributed by atoms with E-state index in [0.29, 0.717) is 12.6 Å². The minimum Gasteiger partial charge on any atom is -0.375 e. The largest absolute Gasteiger partial charge is 0.375 e. The van der Waals surface area contributed by atoms with Crippen molar-refractivity contribution in [3.63, 3.8) is 0 Å². The van der Waals surface area contributed by atoms with Crippen LogP contribution in [0.3, 0.4) is 0 Å². The van der Waals surface area contributed by atoms with Gasteiger partial charge >= 0.3 is 0 Å². The first-order valence-electron chi connectivity index (χ1n) is 7.60. The van der Waals surface area contributed by atoms with Gasteiger partial charge in [0.25, 0.3) is 0 Å². The van der Waals surface area contributed by atoms with E-state index in [4.69, 9.17) is 4.74 Å². The molecule has 0 saturated heterocycles. The van der Waals surface area contributed by atoms with Crippen LogP contribution in [0.1, 0.15) is 24.2 Å². The molecule has 0 aliphatic heterocycles. The molecule has 0 spiro atoms. The molecule has 0 bridgehead atoms. The summed E-state index contributed by atoms with van der Waals surface area (Å²) in [6, 6.07) is 10.6. The van der Waals surface area contributed by atoms with E-state index in [1.165, 1.54) is 5.56 Å². The van der Waals surface area contributed by atoms with Gasteiger partial charge in [0.1, 0.15) is 12.4 Å². The van der Waals surface area contributed by atoms with Gasteiger partial charge in [-0.25, -0.2) is 4.98 Å². The number of hydrogen-bond acceptors (Lipinski definition) is 3. The zero-order valence-electron chi connectivity index (χ0n) is 12.8. The summed E-state index contributed by atoms with van der Waals surface area (Å²) in [7, 11) is 1.55. The lowest BCUT2D eigenvalue weighted by Gasteiger charge is -2.22. The van der Waals surface area contributed by atoms with Gasteiger partial charge in [-0.15, -0.1) is 0 Å². The zero-order valence-corrected chi connectivity index (χ0v) is 12.8. The quantitative estimate of drug-likeness (QED) is 0.786. The van der Waals surface area contributed by atoms with Gasteiger partial charge in [0.05, 0.1) is 6.54 Å². The molecule has 116 valence electrons. The highest BCUT2D eigenvalue weighted by Crippen LogP contribution is 2.28. The van der Waals surface area contributed by atoms with Crippen molar-refractivity contribution in [2.24, 2.45) is 0 Å². The van der Waals surface area contributed by atoms with E-state index >= 15 is 0 Å². The van der Waals surface area contributed by atoms with Gasteiger partial charge in [-0.2, -0.15) is 0 Å². The maximum absolute atomic E-state index is 12.2. The van der Waals surface area contributed by atoms with Crippen molar-refractivity contribution in [1.82, 2.24) is 14.5 Å². The Labute approximate surface area is 130 Å². The summed E-state index contributed by atoms with van der Waals surface area (Å²) in [6.07, 6.45) is 5.92. The number of aromatic nitrogens is 2. The Bertz CT molecular complexity index is 620. The van der Waals surface area contributed by atoms with E-state index < -0.39 is 0 Å². The maximum atomic E-state index is 12.2. The number of imidazole rings is 1. The van der Waals surface area contributed by atoms with Gasteiger partial charge in [0.15, 0.2) is 0 Å². The molecule has 22 heavy (non-hydrogen) atoms. The van der Waals surface area contributed by atoms with Gasteiger partial charge in [-0.3, -0.25) is 4.79 Å². The summed E-state index contributed by atoms with van der Waals surface area (Å²) in [5.74, 6) is 0.958. The summed E-state index contributed by atoms with van der Waals surface area (Å²) < 4.78 is 7.09. The van der Waals surface area contributed by atoms with E-state index in [1.54, 1.807) is 13.3 Å². The predicted octanol–water partition coefficient (Wildman–Crippen LogP) is 2.07. The molecule has 0 atom stereocenters. The zero-order chi connectivity index (χ0) is 15.4. The summed E-state index contributed by atoms with van der Waals surface area (Å²) >= 11 is 0. The van der Waals surface area contributed by atoms with E-state index in [9.17, 15) is 4.79 Å². The normalized spacial score (nSPS) is 14.0. The molecule has 5 nitrogen and oxygen atoms in total. The highest BCUT2D eigenvalue weighted by Gasteiger charge is 2.33. The molecule has 1 fully saturated rings. The van der Waals surface area contributed by atoms with Crippen molar-refractivity contribution in [3.8, 4) is 0 Å². The Balaban J connectivity index is 1.72. The number of methoxy groups -OCH3 is 1. The third-order valence-electron chi connectivity index (χ3n) is 3.89. The standard InChI is InChI=1S/C17H21N3O2/c1-22-13-17(21)20(15-7-8-15)12-16-18-9-10-19(16)11-14-5-3-2-4-6-14/h2-6,9-10,15H,7-8,11-13H2,1H3. The minimum atomic E-state index is 0.0410. The molecule has 1 amide bonds. The summed E-state index contributed by atoms with van der Waals surface area (Å²) in [6.45, 7) is 1.45. The lowest BCUT2D eigenvalue weighted by atomic mass is 10.2. The van der Waals surface area contributed by atoms with Crippen molar-refractivity contribution in [2.75, 3.05) is 13.7 Å². The fourth-order valence-corrected chi connectivity index (χ4v) is 2.58. The molecule has 1 aliphatic rings. The summed E-state index contributed by atoms with van der Waals surface area (Å²) in [5.41, 5.74) is 1.22. The molecular weight excluding hydrogens is 278 g/mol. The van der Waals surface area contributed by atoms with Crippen molar-refractivity contribution >= 4 is 5.91 Å². The fraction of sp³-hybridized carbons (Fsp3) is 0.412. The summed E-state index contributed by atoms with van der Waals surface area (Å²) in [4.78, 5) is 18.5. The number of hydrogen-bond donors (Lipinski definition) is 0. The molecule has 2 aromatic rings. The van der Waals surface area contributed by atoms with Crippen LogP contribution in [0.25, 0.3) is 0 Å². The van der Waals surface area contributed by atoms with Crippen LogP contribution < -0.4 is 0 Å². The van der Waals surface area contributed by atoms with Gasteiger partial charge in [-0.05, 0) is 18.4 Å². The molecule has 0 radical (unpaired) electrons. The maximum Gasteiger partial charge on any atom is 0.249 e. The average molecular weight is 299 g/mol. The predicted molar refractivity (Wildman–Crippen MR) is 83.2 cm³/mol. The molecule has 0 N–H and O–H groups in total. The van der Waals surface area contributed by atoms with Crippen molar-refractivity contribution in [2.45, 2.75) is 32.0 Å². The van der Waals surface area contributed by atoms with Gasteiger partial charge in [0, 0.05) is 32.1 Å². The molecule has 1 aliphatic carbocycles. The number of ether oxygens (including phenoxy) is 1. The van der Waals surface area contributed by atoms with Crippen LogP contribution >= 0.6 is 0 Å². The molecular formula is C17H21N3O2. The van der Waals surface area contributed by atoms with Crippen LogP contribution in [0.15, 0.2) is 42.7 Å². The molecule has 5 heteroatoms. The van der Waals surface area contributed by atoms with E-state index in [0.717, 1.165) is 25.2 Å². The SMILES string of the molecule is COCC(=O)N(Cc1nccn1Cc1ccccc1)C1CC1. The van der Waals surface area contributed by atoms with E-state index in [2.05, 4.69) is 21.7 Å². The van der Waals surface area contributed by atoms with Gasteiger partial charge in [-0.1, -0.05) is 30.3 Å². The second kappa shape index (κ2) is 6.75. The fourth-order valence-electron chi connectivity index (χ4n) is 2.58. The number of carbonyl (C=O) groups excluding carboxylic acids is 1. The second-order valence-electron chi connectivity index (χ2n) is 5.64. The van der Waals surface area contributed by atoms with Crippen LogP contribution in [0.5, 0.6) is 0 Å². The van der Waals surface area contributed by atoms with Crippen LogP contribution in [-0.4, -0.2) is 40.1 Å². The Morgan fingerprint density at radius 1 is 1.36 bits per heavy atom.